The van der Waals surface area contributed by atoms with E-state index in [1.807, 2.05) is 0 Å². The Morgan fingerprint density at radius 3 is 2.62 bits per heavy atom. The van der Waals surface area contributed by atoms with Gasteiger partial charge in [0.25, 0.3) is 0 Å². The number of carboxylic acid groups (broad SMARTS) is 1. The minimum Gasteiger partial charge on any atom is -0.475 e. The topological polar surface area (TPSA) is 115 Å². The molecule has 2 saturated heterocycles. The van der Waals surface area contributed by atoms with E-state index in [0.717, 1.165) is 18.5 Å². The molecule has 132 valence electrons. The molecule has 11 heteroatoms. The number of rotatable bonds is 2. The van der Waals surface area contributed by atoms with E-state index in [0.29, 0.717) is 13.0 Å². The average Bonchev–Trinajstić information content (AvgIpc) is 3.15. The van der Waals surface area contributed by atoms with Crippen LogP contribution in [0.25, 0.3) is 0 Å². The van der Waals surface area contributed by atoms with Gasteiger partial charge in [0.05, 0.1) is 6.33 Å². The number of halogens is 3. The fraction of sp³-hybridized carbons (Fsp3) is 0.538. The number of carbonyl (C=O) groups excluding carboxylic acids is 2. The monoisotopic (exact) mass is 348 g/mol. The molecule has 8 nitrogen and oxygen atoms in total. The van der Waals surface area contributed by atoms with Crippen LogP contribution in [0.15, 0.2) is 12.5 Å². The Labute approximate surface area is 134 Å². The average molecular weight is 348 g/mol. The lowest BCUT2D eigenvalue weighted by atomic mass is 10.0. The van der Waals surface area contributed by atoms with Gasteiger partial charge in [-0.1, -0.05) is 0 Å². The number of amides is 2. The van der Waals surface area contributed by atoms with E-state index in [-0.39, 0.29) is 17.9 Å². The van der Waals surface area contributed by atoms with Crippen molar-refractivity contribution in [1.29, 1.82) is 0 Å². The summed E-state index contributed by atoms with van der Waals surface area (Å²) in [5.41, 5.74) is 0.862. The van der Waals surface area contributed by atoms with Gasteiger partial charge in [-0.25, -0.2) is 9.78 Å². The second-order valence-electron chi connectivity index (χ2n) is 5.33. The van der Waals surface area contributed by atoms with Crippen molar-refractivity contribution in [2.75, 3.05) is 6.54 Å². The second-order valence-corrected chi connectivity index (χ2v) is 5.33. The summed E-state index contributed by atoms with van der Waals surface area (Å²) in [4.78, 5) is 41.4. The molecule has 0 aliphatic carbocycles. The molecule has 0 spiro atoms. The molecule has 2 amide bonds. The van der Waals surface area contributed by atoms with Gasteiger partial charge in [0, 0.05) is 24.9 Å². The number of piperazine rings is 1. The minimum absolute atomic E-state index is 0.0217. The maximum atomic E-state index is 12.2. The molecule has 2 aliphatic rings. The van der Waals surface area contributed by atoms with Crippen LogP contribution in [-0.4, -0.2) is 62.6 Å². The first kappa shape index (κ1) is 17.8. The SMILES string of the molecule is O=C(O)C(F)(F)F.O=C1NC(Cc2cnc[nH]2)C(=O)N2CCCC12. The highest BCUT2D eigenvalue weighted by Crippen LogP contribution is 2.22. The Morgan fingerprint density at radius 1 is 1.42 bits per heavy atom. The number of fused-ring (bicyclic) bond motifs is 1. The normalized spacial score (nSPS) is 23.2. The highest BCUT2D eigenvalue weighted by molar-refractivity contribution is 5.97. The maximum Gasteiger partial charge on any atom is 0.490 e. The molecule has 2 atom stereocenters. The summed E-state index contributed by atoms with van der Waals surface area (Å²) in [5, 5.41) is 9.92. The highest BCUT2D eigenvalue weighted by Gasteiger charge is 2.42. The van der Waals surface area contributed by atoms with E-state index in [9.17, 15) is 22.8 Å². The van der Waals surface area contributed by atoms with Gasteiger partial charge < -0.3 is 20.3 Å². The first-order valence-corrected chi connectivity index (χ1v) is 7.08. The van der Waals surface area contributed by atoms with E-state index in [2.05, 4.69) is 15.3 Å². The largest absolute Gasteiger partial charge is 0.490 e. The Bertz CT molecular complexity index is 617. The molecule has 2 aliphatic heterocycles. The van der Waals surface area contributed by atoms with Gasteiger partial charge in [-0.05, 0) is 12.8 Å². The summed E-state index contributed by atoms with van der Waals surface area (Å²) in [5.74, 6) is -2.75. The Hall–Kier alpha value is -2.59. The number of nitrogens with one attached hydrogen (secondary N) is 2. The van der Waals surface area contributed by atoms with Crippen molar-refractivity contribution in [2.45, 2.75) is 37.5 Å². The summed E-state index contributed by atoms with van der Waals surface area (Å²) >= 11 is 0. The third-order valence-electron chi connectivity index (χ3n) is 3.67. The van der Waals surface area contributed by atoms with Gasteiger partial charge in [0.15, 0.2) is 0 Å². The summed E-state index contributed by atoms with van der Waals surface area (Å²) < 4.78 is 31.7. The fourth-order valence-electron chi connectivity index (χ4n) is 2.59. The molecule has 0 aromatic carbocycles. The molecule has 0 radical (unpaired) electrons. The lowest BCUT2D eigenvalue weighted by molar-refractivity contribution is -0.192. The fourth-order valence-corrected chi connectivity index (χ4v) is 2.59. The number of alkyl halides is 3. The van der Waals surface area contributed by atoms with Gasteiger partial charge in [0.2, 0.25) is 11.8 Å². The molecule has 2 fully saturated rings. The first-order valence-electron chi connectivity index (χ1n) is 7.08. The second kappa shape index (κ2) is 6.89. The zero-order valence-corrected chi connectivity index (χ0v) is 12.3. The molecule has 3 N–H and O–H groups in total. The summed E-state index contributed by atoms with van der Waals surface area (Å²) in [7, 11) is 0. The molecule has 2 unspecified atom stereocenters. The van der Waals surface area contributed by atoms with Crippen LogP contribution in [0.1, 0.15) is 18.5 Å². The van der Waals surface area contributed by atoms with E-state index in [1.54, 1.807) is 17.4 Å². The molecule has 3 heterocycles. The van der Waals surface area contributed by atoms with Gasteiger partial charge >= 0.3 is 12.1 Å². The van der Waals surface area contributed by atoms with E-state index in [4.69, 9.17) is 9.90 Å². The van der Waals surface area contributed by atoms with Crippen molar-refractivity contribution in [3.05, 3.63) is 18.2 Å². The predicted octanol–water partition coefficient (Wildman–Crippen LogP) is 0.0749. The van der Waals surface area contributed by atoms with Crippen molar-refractivity contribution < 1.29 is 32.7 Å². The van der Waals surface area contributed by atoms with Crippen molar-refractivity contribution in [1.82, 2.24) is 20.2 Å². The van der Waals surface area contributed by atoms with E-state index in [1.165, 1.54) is 0 Å². The van der Waals surface area contributed by atoms with Gasteiger partial charge in [0.1, 0.15) is 12.1 Å². The molecule has 1 aromatic rings. The van der Waals surface area contributed by atoms with Crippen LogP contribution in [0.5, 0.6) is 0 Å². The van der Waals surface area contributed by atoms with E-state index < -0.39 is 18.2 Å². The molecule has 1 aromatic heterocycles. The Balaban J connectivity index is 0.000000256. The number of carboxylic acids is 1. The number of hydrogen-bond donors (Lipinski definition) is 3. The van der Waals surface area contributed by atoms with Crippen LogP contribution in [0.4, 0.5) is 13.2 Å². The molecule has 24 heavy (non-hydrogen) atoms. The Kier molecular flexibility index (Phi) is 5.10. The first-order chi connectivity index (χ1) is 11.2. The van der Waals surface area contributed by atoms with Crippen LogP contribution in [-0.2, 0) is 20.8 Å². The smallest absolute Gasteiger partial charge is 0.475 e. The predicted molar refractivity (Wildman–Crippen MR) is 72.6 cm³/mol. The van der Waals surface area contributed by atoms with Crippen molar-refractivity contribution in [3.63, 3.8) is 0 Å². The number of imidazole rings is 1. The van der Waals surface area contributed by atoms with Crippen LogP contribution in [0.2, 0.25) is 0 Å². The number of carbonyl (C=O) groups is 3. The highest BCUT2D eigenvalue weighted by atomic mass is 19.4. The molecule has 0 bridgehead atoms. The lowest BCUT2D eigenvalue weighted by Crippen LogP contribution is -2.61. The number of aromatic nitrogens is 2. The van der Waals surface area contributed by atoms with Crippen LogP contribution < -0.4 is 5.32 Å². The number of aliphatic carboxylic acids is 1. The summed E-state index contributed by atoms with van der Waals surface area (Å²) in [6.45, 7) is 0.705. The number of aromatic amines is 1. The number of hydrogen-bond acceptors (Lipinski definition) is 4. The van der Waals surface area contributed by atoms with Gasteiger partial charge in [-0.2, -0.15) is 13.2 Å². The third-order valence-corrected chi connectivity index (χ3v) is 3.67. The third kappa shape index (κ3) is 4.03. The van der Waals surface area contributed by atoms with Crippen molar-refractivity contribution in [3.8, 4) is 0 Å². The quantitative estimate of drug-likeness (QED) is 0.700. The van der Waals surface area contributed by atoms with Crippen LogP contribution >= 0.6 is 0 Å². The summed E-state index contributed by atoms with van der Waals surface area (Å²) in [6, 6.07) is -0.683. The summed E-state index contributed by atoms with van der Waals surface area (Å²) in [6.07, 6.45) is 0.349. The number of nitrogens with zero attached hydrogens (tertiary/aromatic N) is 2. The van der Waals surface area contributed by atoms with Gasteiger partial charge in [-0.3, -0.25) is 9.59 Å². The molecular weight excluding hydrogens is 333 g/mol. The van der Waals surface area contributed by atoms with Crippen molar-refractivity contribution in [2.24, 2.45) is 0 Å². The lowest BCUT2D eigenvalue weighted by Gasteiger charge is -2.34. The van der Waals surface area contributed by atoms with Crippen molar-refractivity contribution >= 4 is 17.8 Å². The molecule has 0 saturated carbocycles. The van der Waals surface area contributed by atoms with Crippen LogP contribution in [0, 0.1) is 0 Å². The Morgan fingerprint density at radius 2 is 2.08 bits per heavy atom. The molecule has 3 rings (SSSR count). The van der Waals surface area contributed by atoms with Gasteiger partial charge in [-0.15, -0.1) is 0 Å². The van der Waals surface area contributed by atoms with E-state index >= 15 is 0 Å². The standard InChI is InChI=1S/C11H14N4O2.C2HF3O2/c16-10-9-2-1-3-15(9)11(17)8(14-10)4-7-5-12-6-13-7;3-2(4,5)1(6)7/h5-6,8-9H,1-4H2,(H,12,13)(H,14,16);(H,6,7). The molecular formula is C13H15F3N4O4. The zero-order chi connectivity index (χ0) is 17.9. The zero-order valence-electron chi connectivity index (χ0n) is 12.3. The van der Waals surface area contributed by atoms with Crippen LogP contribution in [0.3, 0.4) is 0 Å². The number of H-pyrrole nitrogens is 1. The minimum atomic E-state index is -5.08. The maximum absolute atomic E-state index is 12.2.